The number of aliphatic hydroxyl groups excluding tert-OH is 6. The number of furan rings is 1. The highest BCUT2D eigenvalue weighted by molar-refractivity contribution is 6.32. The van der Waals surface area contributed by atoms with Gasteiger partial charge < -0.3 is 137 Å². The highest BCUT2D eigenvalue weighted by atomic mass is 35.5. The molecule has 8 aromatic rings. The molecule has 0 spiro atoms. The van der Waals surface area contributed by atoms with E-state index in [1.807, 2.05) is 48.5 Å². The van der Waals surface area contributed by atoms with E-state index in [1.165, 1.54) is 12.3 Å². The number of nitrogens with one attached hydrogen (secondary N) is 8. The summed E-state index contributed by atoms with van der Waals surface area (Å²) >= 11 is 14.4. The average Bonchev–Trinajstić information content (AvgIpc) is 1.44. The predicted octanol–water partition coefficient (Wildman–Crippen LogP) is 4.85. The number of benzene rings is 7. The first-order chi connectivity index (χ1) is 58.6. The number of alkyl carbamates (subject to hydrolysis) is 1. The lowest BCUT2D eigenvalue weighted by Gasteiger charge is -2.48. The SMILES string of the molecule is CC(C)C[C@@H](NC(=O)OCC1c2ccccc2-c2ccccc21)C(=O)N[C@H]1C(=O)N[C@@H](CC(N)=O)C(=O)N[C@H]2C(=O)N[C@H]3C(=O)N[C@H](C(=O)N[C@H](C(=O)O)c4cc(O)cc(O)c4-c4cc3ccc4O)[C@H](O)c3ccc(c(Cl)c3)Oc3cc2cc(c3O[C@@H]2O[C@H](CO)[C@@H](O)[C@H](O)[C@H]2O[C@H]2C[C@](C)(NCc3ccco3)[C@H](O)[C@H](C)O2)Oc2ccc(cc2Cl)[C@H]1O. The minimum atomic E-state index is -2.42. The van der Waals surface area contributed by atoms with Crippen LogP contribution in [0.15, 0.2) is 150 Å². The van der Waals surface area contributed by atoms with Crippen LogP contribution in [0.4, 0.5) is 4.79 Å². The van der Waals surface area contributed by atoms with E-state index in [9.17, 15) is 65.4 Å². The van der Waals surface area contributed by atoms with Crippen molar-refractivity contribution in [2.45, 2.75) is 169 Å². The van der Waals surface area contributed by atoms with Crippen LogP contribution in [0.3, 0.4) is 0 Å². The van der Waals surface area contributed by atoms with Gasteiger partial charge in [0.2, 0.25) is 53.4 Å². The first-order valence-corrected chi connectivity index (χ1v) is 39.8. The summed E-state index contributed by atoms with van der Waals surface area (Å²) in [6.45, 7) is 5.56. The number of phenolic OH excluding ortho intramolecular Hbond substituents is 3. The lowest BCUT2D eigenvalue weighted by atomic mass is 9.85. The Kier molecular flexibility index (Phi) is 25.6. The number of carbonyl (C=O) groups excluding carboxylic acids is 8. The molecule has 8 amide bonds. The van der Waals surface area contributed by atoms with Gasteiger partial charge in [0.15, 0.2) is 29.9 Å². The van der Waals surface area contributed by atoms with E-state index in [-0.39, 0.29) is 48.6 Å². The third-order valence-electron chi connectivity index (χ3n) is 22.3. The first kappa shape index (κ1) is 87.2. The number of ether oxygens (including phenoxy) is 7. The summed E-state index contributed by atoms with van der Waals surface area (Å²) in [7, 11) is 0. The van der Waals surface area contributed by atoms with E-state index >= 15 is 28.8 Å². The number of carboxylic acids is 1. The number of primary amides is 1. The molecule has 18 atom stereocenters. The Morgan fingerprint density at radius 1 is 0.650 bits per heavy atom. The standard InChI is InChI=1S/C85H87Cl2N9O27/c1-35(2)22-52(91-84(115)117-34-49-45-13-7-5-11-43(45)44-12-6-8-14-46(44)49)76(107)95-67-69(102)38-16-19-56(50(86)24-38)119-58-26-40-27-59(73(58)123-83-74(72(105)71(104)60(33-97)121-83)122-62-31-85(4,75(106)36(3)118-62)89-32-42-10-9-21-116-42)120-57-20-17-39(25-51(57)87)70(103)68-81(112)94-66(82(113)114)48-28-41(98)29-55(100)63(48)47-23-37(15-18-54(47)99)64(78(109)96-68)93-79(110)65(40)92-77(108)53(30-61(88)101)90-80(67)111/h5-21,23-29,35-36,49,52-53,60,62,64-72,74-75,83,89,97-100,102-106H,22,30-34H2,1-4H3,(H2,88,101)(H,90,111)(H,91,115)(H,92,108)(H,93,110)(H,94,112)(H,95,107)(H,96,109)(H,113,114)/t36-,52+,53-,60+,62-,64+,65+,66-,67+,68-,69+,70+,71+,72-,74+,75+,83-,85-/m0/s1. The summed E-state index contributed by atoms with van der Waals surface area (Å²) in [5.41, 5.74) is 5.14. The third kappa shape index (κ3) is 18.3. The molecule has 648 valence electrons. The van der Waals surface area contributed by atoms with E-state index in [0.717, 1.165) is 95.1 Å². The molecule has 2 saturated heterocycles. The van der Waals surface area contributed by atoms with Crippen LogP contribution in [0.1, 0.15) is 128 Å². The van der Waals surface area contributed by atoms with Gasteiger partial charge in [0.05, 0.1) is 48.1 Å². The molecule has 8 heterocycles. The fourth-order valence-electron chi connectivity index (χ4n) is 16.0. The first-order valence-electron chi connectivity index (χ1n) is 39.0. The number of fused-ring (bicyclic) bond motifs is 18. The van der Waals surface area contributed by atoms with Gasteiger partial charge in [-0.2, -0.15) is 0 Å². The largest absolute Gasteiger partial charge is 0.508 e. The van der Waals surface area contributed by atoms with Crippen molar-refractivity contribution in [1.82, 2.24) is 42.5 Å². The summed E-state index contributed by atoms with van der Waals surface area (Å²) in [5.74, 6) is -17.1. The molecule has 16 rings (SSSR count). The maximum absolute atomic E-state index is 16.3. The molecule has 0 saturated carbocycles. The Morgan fingerprint density at radius 3 is 1.89 bits per heavy atom. The van der Waals surface area contributed by atoms with Crippen molar-refractivity contribution in [2.24, 2.45) is 11.7 Å². The van der Waals surface area contributed by atoms with Gasteiger partial charge >= 0.3 is 12.1 Å². The van der Waals surface area contributed by atoms with Crippen molar-refractivity contribution >= 4 is 76.6 Å². The Labute approximate surface area is 709 Å². The smallest absolute Gasteiger partial charge is 0.407 e. The third-order valence-corrected chi connectivity index (χ3v) is 22.9. The molecule has 1 aliphatic carbocycles. The van der Waals surface area contributed by atoms with E-state index in [4.69, 9.17) is 66.5 Å². The number of rotatable bonds is 18. The Morgan fingerprint density at radius 2 is 1.28 bits per heavy atom. The van der Waals surface area contributed by atoms with Gasteiger partial charge in [-0.05, 0) is 137 Å². The molecule has 20 N–H and O–H groups in total. The predicted molar refractivity (Wildman–Crippen MR) is 430 cm³/mol. The molecular weight excluding hydrogens is 1650 g/mol. The van der Waals surface area contributed by atoms with Crippen LogP contribution >= 0.6 is 23.2 Å². The zero-order valence-corrected chi connectivity index (χ0v) is 67.3. The van der Waals surface area contributed by atoms with Gasteiger partial charge in [-0.25, -0.2) is 9.59 Å². The molecule has 11 bridgehead atoms. The topological polar surface area (TPSA) is 556 Å². The Bertz CT molecular complexity index is 5390. The van der Waals surface area contributed by atoms with Gasteiger partial charge in [-0.15, -0.1) is 0 Å². The van der Waals surface area contributed by atoms with Crippen molar-refractivity contribution in [3.05, 3.63) is 201 Å². The summed E-state index contributed by atoms with van der Waals surface area (Å²) in [5, 5.41) is 136. The number of halogens is 2. The van der Waals surface area contributed by atoms with Crippen LogP contribution in [0.25, 0.3) is 22.3 Å². The van der Waals surface area contributed by atoms with Gasteiger partial charge in [-0.1, -0.05) is 104 Å². The summed E-state index contributed by atoms with van der Waals surface area (Å²) in [6.07, 6.45) is -19.0. The average molecular weight is 1740 g/mol. The summed E-state index contributed by atoms with van der Waals surface area (Å²) in [4.78, 5) is 134. The highest BCUT2D eigenvalue weighted by Crippen LogP contribution is 2.51. The number of phenols is 3. The number of nitrogens with two attached hydrogens (primary N) is 1. The minimum absolute atomic E-state index is 0.0954. The number of carboxylic acid groups (broad SMARTS) is 1. The lowest BCUT2D eigenvalue weighted by Crippen LogP contribution is -2.65. The van der Waals surface area contributed by atoms with Crippen LogP contribution in [-0.4, -0.2) is 197 Å². The normalized spacial score (nSPS) is 26.6. The number of hydrogen-bond acceptors (Lipinski definition) is 27. The maximum atomic E-state index is 16.3. The highest BCUT2D eigenvalue weighted by Gasteiger charge is 2.53. The second kappa shape index (κ2) is 36.1. The second-order valence-electron chi connectivity index (χ2n) is 31.2. The van der Waals surface area contributed by atoms with E-state index in [1.54, 1.807) is 39.8 Å². The number of aliphatic carboxylic acids is 1. The monoisotopic (exact) mass is 1740 g/mol. The molecule has 7 aliphatic heterocycles. The van der Waals surface area contributed by atoms with Crippen LogP contribution in [0.5, 0.6) is 46.0 Å². The second-order valence-corrected chi connectivity index (χ2v) is 32.1. The van der Waals surface area contributed by atoms with Crippen LogP contribution < -0.4 is 62.5 Å². The zero-order chi connectivity index (χ0) is 87.9. The van der Waals surface area contributed by atoms with Crippen LogP contribution in [0.2, 0.25) is 10.0 Å². The molecule has 0 unspecified atom stereocenters. The molecule has 2 fully saturated rings. The van der Waals surface area contributed by atoms with Crippen molar-refractivity contribution in [2.75, 3.05) is 13.2 Å². The Hall–Kier alpha value is -12.2. The van der Waals surface area contributed by atoms with Crippen molar-refractivity contribution in [3.63, 3.8) is 0 Å². The number of aliphatic hydroxyl groups is 6. The van der Waals surface area contributed by atoms with Crippen molar-refractivity contribution < 1.29 is 132 Å². The summed E-state index contributed by atoms with van der Waals surface area (Å²) in [6, 6.07) is 16.6. The number of aromatic hydroxyl groups is 3. The fraction of sp³-hybridized carbons (Fsp3) is 0.353. The molecular formula is C85H87Cl2N9O27. The maximum Gasteiger partial charge on any atom is 0.407 e. The van der Waals surface area contributed by atoms with Crippen molar-refractivity contribution in [1.29, 1.82) is 0 Å². The molecule has 7 aromatic carbocycles. The quantitative estimate of drug-likeness (QED) is 0.0546. The van der Waals surface area contributed by atoms with Gasteiger partial charge in [0.1, 0.15) is 108 Å². The summed E-state index contributed by atoms with van der Waals surface area (Å²) < 4.78 is 50.7. The fourth-order valence-corrected chi connectivity index (χ4v) is 16.5. The molecule has 123 heavy (non-hydrogen) atoms. The Balaban J connectivity index is 0.916. The minimum Gasteiger partial charge on any atom is -0.508 e. The molecule has 1 aromatic heterocycles. The zero-order valence-electron chi connectivity index (χ0n) is 65.8. The van der Waals surface area contributed by atoms with Gasteiger partial charge in [-0.3, -0.25) is 33.6 Å². The molecule has 8 aliphatic rings. The van der Waals surface area contributed by atoms with E-state index in [2.05, 4.69) is 42.5 Å². The number of hydrogen-bond donors (Lipinski definition) is 19. The lowest BCUT2D eigenvalue weighted by molar-refractivity contribution is -0.334. The molecule has 36 nitrogen and oxygen atoms in total. The number of amides is 8. The van der Waals surface area contributed by atoms with Gasteiger partial charge in [0, 0.05) is 40.6 Å². The van der Waals surface area contributed by atoms with Crippen molar-refractivity contribution in [3.8, 4) is 68.2 Å². The van der Waals surface area contributed by atoms with E-state index < -0.39 is 260 Å². The number of carbonyl (C=O) groups is 9. The van der Waals surface area contributed by atoms with Crippen LogP contribution in [0, 0.1) is 5.92 Å². The molecule has 38 heteroatoms. The molecule has 0 radical (unpaired) electrons. The van der Waals surface area contributed by atoms with E-state index in [0.29, 0.717) is 5.76 Å². The van der Waals surface area contributed by atoms with Crippen LogP contribution in [-0.2, 0) is 63.8 Å². The van der Waals surface area contributed by atoms with Gasteiger partial charge in [0.25, 0.3) is 0 Å².